The fourth-order valence-electron chi connectivity index (χ4n) is 3.75. The number of benzene rings is 1. The summed E-state index contributed by atoms with van der Waals surface area (Å²) in [4.78, 5) is 29.3. The number of furan rings is 1. The van der Waals surface area contributed by atoms with E-state index in [-0.39, 0.29) is 11.3 Å². The van der Waals surface area contributed by atoms with Crippen LogP contribution in [-0.4, -0.2) is 60.9 Å². The molecule has 1 amide bonds. The number of Topliss-reactive ketones (excluding diaryl/α,β-unsaturated/α-hetero) is 1. The van der Waals surface area contributed by atoms with Crippen LogP contribution in [0.1, 0.15) is 35.1 Å². The average molecular weight is 412 g/mol. The highest BCUT2D eigenvalue weighted by atomic mass is 16.5. The van der Waals surface area contributed by atoms with Crippen molar-refractivity contribution in [1.29, 1.82) is 0 Å². The van der Waals surface area contributed by atoms with E-state index in [2.05, 4.69) is 0 Å². The van der Waals surface area contributed by atoms with E-state index in [0.29, 0.717) is 35.8 Å². The van der Waals surface area contributed by atoms with Crippen molar-refractivity contribution in [3.8, 4) is 5.75 Å². The van der Waals surface area contributed by atoms with Crippen LogP contribution in [0.25, 0.3) is 5.76 Å². The zero-order valence-corrected chi connectivity index (χ0v) is 18.1. The molecule has 7 nitrogen and oxygen atoms in total. The summed E-state index contributed by atoms with van der Waals surface area (Å²) in [7, 11) is 5.47. The number of aliphatic hydroxyl groups excluding tert-OH is 1. The van der Waals surface area contributed by atoms with Crippen LogP contribution in [0.5, 0.6) is 5.75 Å². The van der Waals surface area contributed by atoms with Crippen molar-refractivity contribution < 1.29 is 23.8 Å². The highest BCUT2D eigenvalue weighted by Gasteiger charge is 2.47. The Balaban J connectivity index is 2.08. The Labute approximate surface area is 176 Å². The zero-order valence-electron chi connectivity index (χ0n) is 18.1. The van der Waals surface area contributed by atoms with Crippen molar-refractivity contribution in [3.05, 3.63) is 58.6 Å². The van der Waals surface area contributed by atoms with Crippen molar-refractivity contribution in [1.82, 2.24) is 9.80 Å². The quantitative estimate of drug-likeness (QED) is 0.427. The molecule has 1 saturated heterocycles. The summed E-state index contributed by atoms with van der Waals surface area (Å²) in [6.45, 7) is 4.80. The van der Waals surface area contributed by atoms with Crippen LogP contribution < -0.4 is 4.74 Å². The molecule has 1 N–H and O–H groups in total. The first-order valence-electron chi connectivity index (χ1n) is 9.89. The predicted molar refractivity (Wildman–Crippen MR) is 113 cm³/mol. The third-order valence-electron chi connectivity index (χ3n) is 5.24. The number of nitrogens with zero attached hydrogens (tertiary/aromatic N) is 2. The number of hydrogen-bond acceptors (Lipinski definition) is 6. The highest BCUT2D eigenvalue weighted by molar-refractivity contribution is 6.46. The lowest BCUT2D eigenvalue weighted by Crippen LogP contribution is -2.32. The number of amides is 1. The topological polar surface area (TPSA) is 83.2 Å². The minimum Gasteiger partial charge on any atom is -0.507 e. The second-order valence-electron chi connectivity index (χ2n) is 7.78. The highest BCUT2D eigenvalue weighted by Crippen LogP contribution is 2.40. The first-order valence-corrected chi connectivity index (χ1v) is 9.89. The first-order chi connectivity index (χ1) is 14.2. The molecule has 160 valence electrons. The molecule has 3 rings (SSSR count). The van der Waals surface area contributed by atoms with Gasteiger partial charge in [0.25, 0.3) is 11.7 Å². The molecule has 2 aromatic rings. The molecular formula is C23H28N2O5. The van der Waals surface area contributed by atoms with E-state index >= 15 is 0 Å². The first kappa shape index (κ1) is 21.6. The summed E-state index contributed by atoms with van der Waals surface area (Å²) >= 11 is 0. The summed E-state index contributed by atoms with van der Waals surface area (Å²) in [6, 6.07) is 7.90. The molecule has 1 atom stereocenters. The predicted octanol–water partition coefficient (Wildman–Crippen LogP) is 3.28. The zero-order chi connectivity index (χ0) is 22.0. The Morgan fingerprint density at radius 3 is 2.50 bits per heavy atom. The summed E-state index contributed by atoms with van der Waals surface area (Å²) in [5, 5.41) is 11.1. The number of methoxy groups -OCH3 is 1. The Bertz CT molecular complexity index is 989. The standard InChI is InChI=1S/C23H28N2O5/c1-14-13-16(8-10-17(14)29-5)21(26)19-20(18-9-7-15(2)30-18)25(23(28)22(19)27)12-6-11-24(3)4/h7-10,13,20,26H,6,11-12H2,1-5H3/b21-19-. The fourth-order valence-corrected chi connectivity index (χ4v) is 3.75. The smallest absolute Gasteiger partial charge is 0.295 e. The van der Waals surface area contributed by atoms with Crippen LogP contribution in [0, 0.1) is 13.8 Å². The number of rotatable bonds is 7. The maximum Gasteiger partial charge on any atom is 0.295 e. The third-order valence-corrected chi connectivity index (χ3v) is 5.24. The van der Waals surface area contributed by atoms with Crippen LogP contribution >= 0.6 is 0 Å². The molecular weight excluding hydrogens is 384 g/mol. The van der Waals surface area contributed by atoms with E-state index in [9.17, 15) is 14.7 Å². The van der Waals surface area contributed by atoms with Gasteiger partial charge >= 0.3 is 0 Å². The van der Waals surface area contributed by atoms with Gasteiger partial charge in [0.2, 0.25) is 0 Å². The monoisotopic (exact) mass is 412 g/mol. The SMILES string of the molecule is COc1ccc(/C(O)=C2/C(=O)C(=O)N(CCCN(C)C)C2c2ccc(C)o2)cc1C. The molecule has 7 heteroatoms. The largest absolute Gasteiger partial charge is 0.507 e. The number of carbonyl (C=O) groups excluding carboxylic acids is 2. The van der Waals surface area contributed by atoms with Crippen molar-refractivity contribution in [2.24, 2.45) is 0 Å². The summed E-state index contributed by atoms with van der Waals surface area (Å²) < 4.78 is 11.0. The van der Waals surface area contributed by atoms with Gasteiger partial charge in [0.1, 0.15) is 29.1 Å². The van der Waals surface area contributed by atoms with Crippen molar-refractivity contribution >= 4 is 17.4 Å². The maximum atomic E-state index is 12.9. The number of ether oxygens (including phenoxy) is 1. The van der Waals surface area contributed by atoms with Gasteiger partial charge in [-0.05, 0) is 76.8 Å². The molecule has 0 spiro atoms. The summed E-state index contributed by atoms with van der Waals surface area (Å²) in [5.74, 6) is 0.263. The van der Waals surface area contributed by atoms with Crippen LogP contribution in [-0.2, 0) is 9.59 Å². The number of carbonyl (C=O) groups is 2. The lowest BCUT2D eigenvalue weighted by molar-refractivity contribution is -0.140. The van der Waals surface area contributed by atoms with Crippen LogP contribution in [0.3, 0.4) is 0 Å². The minimum absolute atomic E-state index is 0.0452. The molecule has 1 aliphatic rings. The van der Waals surface area contributed by atoms with Gasteiger partial charge in [0.05, 0.1) is 12.7 Å². The van der Waals surface area contributed by atoms with Gasteiger partial charge in [-0.15, -0.1) is 0 Å². The minimum atomic E-state index is -0.761. The van der Waals surface area contributed by atoms with Crippen LogP contribution in [0.2, 0.25) is 0 Å². The second kappa shape index (κ2) is 8.75. The number of likely N-dealkylation sites (tertiary alicyclic amines) is 1. The Morgan fingerprint density at radius 2 is 1.93 bits per heavy atom. The molecule has 0 aliphatic carbocycles. The van der Waals surface area contributed by atoms with Crippen molar-refractivity contribution in [2.45, 2.75) is 26.3 Å². The summed E-state index contributed by atoms with van der Waals surface area (Å²) in [5.41, 5.74) is 1.31. The molecule has 0 radical (unpaired) electrons. The summed E-state index contributed by atoms with van der Waals surface area (Å²) in [6.07, 6.45) is 0.692. The molecule has 1 aromatic carbocycles. The number of aryl methyl sites for hydroxylation is 2. The molecule has 1 aliphatic heterocycles. The maximum absolute atomic E-state index is 12.9. The van der Waals surface area contributed by atoms with E-state index in [0.717, 1.165) is 12.1 Å². The van der Waals surface area contributed by atoms with Crippen molar-refractivity contribution in [2.75, 3.05) is 34.3 Å². The van der Waals surface area contributed by atoms with Crippen molar-refractivity contribution in [3.63, 3.8) is 0 Å². The number of hydrogen-bond donors (Lipinski definition) is 1. The Morgan fingerprint density at radius 1 is 1.20 bits per heavy atom. The Kier molecular flexibility index (Phi) is 6.31. The molecule has 2 heterocycles. The van der Waals surface area contributed by atoms with Gasteiger partial charge in [-0.1, -0.05) is 0 Å². The van der Waals surface area contributed by atoms with Gasteiger partial charge < -0.3 is 24.1 Å². The fraction of sp³-hybridized carbons (Fsp3) is 0.391. The van der Waals surface area contributed by atoms with Gasteiger partial charge in [-0.2, -0.15) is 0 Å². The molecule has 1 fully saturated rings. The number of ketones is 1. The van der Waals surface area contributed by atoms with Crippen LogP contribution in [0.15, 0.2) is 40.3 Å². The lowest BCUT2D eigenvalue weighted by Gasteiger charge is -2.24. The van der Waals surface area contributed by atoms with Gasteiger partial charge in [-0.3, -0.25) is 9.59 Å². The van der Waals surface area contributed by atoms with Gasteiger partial charge in [0, 0.05) is 12.1 Å². The molecule has 1 aromatic heterocycles. The average Bonchev–Trinajstić information content (AvgIpc) is 3.23. The van der Waals surface area contributed by atoms with E-state index in [1.54, 1.807) is 44.4 Å². The third kappa shape index (κ3) is 4.11. The lowest BCUT2D eigenvalue weighted by atomic mass is 9.98. The second-order valence-corrected chi connectivity index (χ2v) is 7.78. The van der Waals surface area contributed by atoms with E-state index < -0.39 is 17.7 Å². The molecule has 0 saturated carbocycles. The van der Waals surface area contributed by atoms with E-state index in [4.69, 9.17) is 9.15 Å². The van der Waals surface area contributed by atoms with E-state index in [1.807, 2.05) is 25.9 Å². The Hall–Kier alpha value is -3.06. The molecule has 1 unspecified atom stereocenters. The molecule has 30 heavy (non-hydrogen) atoms. The van der Waals surface area contributed by atoms with Crippen LogP contribution in [0.4, 0.5) is 0 Å². The van der Waals surface area contributed by atoms with Gasteiger partial charge in [0.15, 0.2) is 0 Å². The molecule has 0 bridgehead atoms. The van der Waals surface area contributed by atoms with E-state index in [1.165, 1.54) is 4.90 Å². The normalized spacial score (nSPS) is 18.5. The number of aliphatic hydroxyl groups is 1. The van der Waals surface area contributed by atoms with Gasteiger partial charge in [-0.25, -0.2) is 0 Å².